The van der Waals surface area contributed by atoms with Gasteiger partial charge in [0.05, 0.1) is 30.2 Å². The van der Waals surface area contributed by atoms with Gasteiger partial charge in [0.25, 0.3) is 0 Å². The predicted octanol–water partition coefficient (Wildman–Crippen LogP) is 7.18. The molecule has 2 amide bonds. The first-order valence-corrected chi connectivity index (χ1v) is 20.8. The Bertz CT molecular complexity index is 2090. The Morgan fingerprint density at radius 2 is 1.44 bits per heavy atom. The normalized spacial score (nSPS) is 18.3. The molecule has 5 N–H and O–H groups in total. The molecule has 0 radical (unpaired) electrons. The first-order valence-electron chi connectivity index (χ1n) is 20.8. The lowest BCUT2D eigenvalue weighted by Crippen LogP contribution is -2.50. The number of ether oxygens (including phenoxy) is 2. The molecule has 0 aliphatic carbocycles. The summed E-state index contributed by atoms with van der Waals surface area (Å²) in [6, 6.07) is 33.7. The minimum absolute atomic E-state index is 0.00224. The van der Waals surface area contributed by atoms with Crippen molar-refractivity contribution in [2.24, 2.45) is 0 Å². The minimum atomic E-state index is -0.537. The van der Waals surface area contributed by atoms with Crippen molar-refractivity contribution in [3.05, 3.63) is 138 Å². The zero-order valence-electron chi connectivity index (χ0n) is 33.5. The van der Waals surface area contributed by atoms with E-state index in [1.807, 2.05) is 54.6 Å². The molecule has 2 fully saturated rings. The number of rotatable bonds is 17. The van der Waals surface area contributed by atoms with Gasteiger partial charge in [-0.25, -0.2) is 9.97 Å². The number of carbonyl (C=O) groups is 2. The number of nitrogens with one attached hydrogen (secondary N) is 2. The van der Waals surface area contributed by atoms with Crippen LogP contribution >= 0.6 is 0 Å². The third-order valence-corrected chi connectivity index (χ3v) is 11.0. The van der Waals surface area contributed by atoms with Crippen LogP contribution in [0.3, 0.4) is 0 Å². The maximum Gasteiger partial charge on any atom is 0.225 e. The van der Waals surface area contributed by atoms with Crippen LogP contribution in [0.15, 0.2) is 116 Å². The number of nitrogen functional groups attached to an aromatic ring is 1. The number of nitrogens with two attached hydrogens (primary N) is 1. The molecule has 0 saturated carbocycles. The summed E-state index contributed by atoms with van der Waals surface area (Å²) in [4.78, 5) is 38.4. The fourth-order valence-corrected chi connectivity index (χ4v) is 7.64. The Labute approximate surface area is 346 Å². The first-order chi connectivity index (χ1) is 28.9. The van der Waals surface area contributed by atoms with Crippen molar-refractivity contribution in [1.82, 2.24) is 20.2 Å². The highest BCUT2D eigenvalue weighted by Gasteiger charge is 2.34. The van der Waals surface area contributed by atoms with E-state index < -0.39 is 6.29 Å². The molecule has 1 aromatic heterocycles. The third kappa shape index (κ3) is 12.0. The Hall–Kier alpha value is -5.66. The van der Waals surface area contributed by atoms with E-state index in [9.17, 15) is 14.7 Å². The van der Waals surface area contributed by atoms with Crippen LogP contribution in [0.25, 0.3) is 11.1 Å². The van der Waals surface area contributed by atoms with E-state index in [1.165, 1.54) is 0 Å². The standard InChI is InChI=1S/C47H55N7O5/c48-41-11-5-6-12-42(41)52-45(57)14-4-2-1-3-13-44(56)51-31-35-9-7-10-39(29-35)36-19-21-38(22-20-36)46-58-40(30-43(59-46)37-17-15-34(33-55)16-18-37)32-53-25-27-54(28-26-53)47-49-23-8-24-50-47/h5-12,15-24,29,40,43,46,55H,1-4,13-14,25-28,30-33,48H2,(H,51,56)(H,52,57). The van der Waals surface area contributed by atoms with Gasteiger partial charge in [-0.3, -0.25) is 14.5 Å². The van der Waals surface area contributed by atoms with Gasteiger partial charge in [-0.05, 0) is 64.9 Å². The van der Waals surface area contributed by atoms with E-state index >= 15 is 0 Å². The molecule has 12 nitrogen and oxygen atoms in total. The van der Waals surface area contributed by atoms with Crippen LogP contribution < -0.4 is 21.3 Å². The predicted molar refractivity (Wildman–Crippen MR) is 230 cm³/mol. The average Bonchev–Trinajstić information content (AvgIpc) is 3.28. The van der Waals surface area contributed by atoms with E-state index in [1.54, 1.807) is 24.5 Å². The summed E-state index contributed by atoms with van der Waals surface area (Å²) < 4.78 is 13.3. The Morgan fingerprint density at radius 3 is 2.17 bits per heavy atom. The molecular formula is C47H55N7O5. The van der Waals surface area contributed by atoms with Gasteiger partial charge in [-0.1, -0.05) is 91.7 Å². The van der Waals surface area contributed by atoms with Crippen LogP contribution in [0, 0.1) is 0 Å². The van der Waals surface area contributed by atoms with Crippen LogP contribution in [0.5, 0.6) is 0 Å². The van der Waals surface area contributed by atoms with Crippen molar-refractivity contribution in [1.29, 1.82) is 0 Å². The van der Waals surface area contributed by atoms with Crippen molar-refractivity contribution in [3.63, 3.8) is 0 Å². The van der Waals surface area contributed by atoms with Gasteiger partial charge in [-0.15, -0.1) is 0 Å². The molecule has 4 aromatic carbocycles. The quantitative estimate of drug-likeness (QED) is 0.0562. The highest BCUT2D eigenvalue weighted by atomic mass is 16.7. The number of piperazine rings is 1. The second-order valence-electron chi connectivity index (χ2n) is 15.3. The summed E-state index contributed by atoms with van der Waals surface area (Å²) in [6.07, 6.45) is 7.76. The van der Waals surface area contributed by atoms with E-state index in [0.29, 0.717) is 30.8 Å². The first kappa shape index (κ1) is 41.5. The van der Waals surface area contributed by atoms with Crippen molar-refractivity contribution < 1.29 is 24.2 Å². The summed E-state index contributed by atoms with van der Waals surface area (Å²) in [6.45, 7) is 4.75. The molecular weight excluding hydrogens is 743 g/mol. The number of aromatic nitrogens is 2. The number of amides is 2. The fraction of sp³-hybridized carbons (Fsp3) is 0.362. The fourth-order valence-electron chi connectivity index (χ4n) is 7.64. The highest BCUT2D eigenvalue weighted by Crippen LogP contribution is 2.39. The summed E-state index contributed by atoms with van der Waals surface area (Å²) in [7, 11) is 0. The molecule has 2 aliphatic heterocycles. The Morgan fingerprint density at radius 1 is 0.729 bits per heavy atom. The molecule has 7 rings (SSSR count). The SMILES string of the molecule is Nc1ccccc1NC(=O)CCCCCCC(=O)NCc1cccc(-c2ccc(C3OC(CN4CCN(c5ncccn5)CC4)CC(c4ccc(CO)cc4)O3)cc2)c1. The second kappa shape index (κ2) is 20.9. The summed E-state index contributed by atoms with van der Waals surface area (Å²) in [5, 5.41) is 15.5. The van der Waals surface area contributed by atoms with Gasteiger partial charge >= 0.3 is 0 Å². The number of para-hydroxylation sites is 2. The average molecular weight is 798 g/mol. The largest absolute Gasteiger partial charge is 0.397 e. The maximum atomic E-state index is 12.6. The number of aliphatic hydroxyl groups excluding tert-OH is 1. The zero-order valence-corrected chi connectivity index (χ0v) is 33.5. The lowest BCUT2D eigenvalue weighted by atomic mass is 9.98. The van der Waals surface area contributed by atoms with Crippen LogP contribution in [-0.4, -0.2) is 70.6 Å². The number of anilines is 3. The number of carbonyl (C=O) groups excluding carboxylic acids is 2. The lowest BCUT2D eigenvalue weighted by molar-refractivity contribution is -0.253. The molecule has 12 heteroatoms. The van der Waals surface area contributed by atoms with Gasteiger partial charge in [0.2, 0.25) is 17.8 Å². The molecule has 308 valence electrons. The molecule has 2 aliphatic rings. The summed E-state index contributed by atoms with van der Waals surface area (Å²) in [5.74, 6) is 0.746. The highest BCUT2D eigenvalue weighted by molar-refractivity contribution is 5.93. The molecule has 5 aromatic rings. The minimum Gasteiger partial charge on any atom is -0.397 e. The number of hydrogen-bond acceptors (Lipinski definition) is 10. The van der Waals surface area contributed by atoms with Crippen molar-refractivity contribution in [2.45, 2.75) is 76.6 Å². The van der Waals surface area contributed by atoms with Crippen molar-refractivity contribution in [3.8, 4) is 11.1 Å². The zero-order chi connectivity index (χ0) is 40.8. The maximum absolute atomic E-state index is 12.6. The number of benzene rings is 4. The van der Waals surface area contributed by atoms with Crippen LogP contribution in [0.4, 0.5) is 17.3 Å². The second-order valence-corrected chi connectivity index (χ2v) is 15.3. The van der Waals surface area contributed by atoms with Crippen LogP contribution in [0.2, 0.25) is 0 Å². The van der Waals surface area contributed by atoms with Crippen LogP contribution in [0.1, 0.15) is 79.6 Å². The van der Waals surface area contributed by atoms with Gasteiger partial charge in [-0.2, -0.15) is 0 Å². The van der Waals surface area contributed by atoms with Crippen LogP contribution in [-0.2, 0) is 32.2 Å². The van der Waals surface area contributed by atoms with E-state index in [0.717, 1.165) is 104 Å². The van der Waals surface area contributed by atoms with Crippen molar-refractivity contribution >= 4 is 29.1 Å². The van der Waals surface area contributed by atoms with E-state index in [2.05, 4.69) is 66.8 Å². The van der Waals surface area contributed by atoms with E-state index in [-0.39, 0.29) is 30.6 Å². The number of nitrogens with zero attached hydrogens (tertiary/aromatic N) is 4. The van der Waals surface area contributed by atoms with Gasteiger partial charge in [0.15, 0.2) is 6.29 Å². The van der Waals surface area contributed by atoms with Gasteiger partial charge in [0.1, 0.15) is 0 Å². The number of unbranched alkanes of at least 4 members (excludes halogenated alkanes) is 3. The van der Waals surface area contributed by atoms with Gasteiger partial charge in [0, 0.05) is 76.5 Å². The third-order valence-electron chi connectivity index (χ3n) is 11.0. The van der Waals surface area contributed by atoms with Crippen molar-refractivity contribution in [2.75, 3.05) is 48.7 Å². The molecule has 2 saturated heterocycles. The molecule has 3 unspecified atom stereocenters. The smallest absolute Gasteiger partial charge is 0.225 e. The Kier molecular flexibility index (Phi) is 14.7. The molecule has 0 spiro atoms. The topological polar surface area (TPSA) is 155 Å². The summed E-state index contributed by atoms with van der Waals surface area (Å²) in [5.41, 5.74) is 13.1. The molecule has 0 bridgehead atoms. The molecule has 3 atom stereocenters. The lowest BCUT2D eigenvalue weighted by Gasteiger charge is -2.40. The molecule has 59 heavy (non-hydrogen) atoms. The van der Waals surface area contributed by atoms with E-state index in [4.69, 9.17) is 15.2 Å². The monoisotopic (exact) mass is 797 g/mol. The van der Waals surface area contributed by atoms with Gasteiger partial charge < -0.3 is 35.8 Å². The number of aliphatic hydroxyl groups is 1. The summed E-state index contributed by atoms with van der Waals surface area (Å²) >= 11 is 0. The number of hydrogen-bond donors (Lipinski definition) is 4. The Balaban J connectivity index is 0.890. The molecule has 3 heterocycles.